The number of hydrogen-bond donors (Lipinski definition) is 2. The van der Waals surface area contributed by atoms with Gasteiger partial charge in [-0.15, -0.1) is 0 Å². The Morgan fingerprint density at radius 3 is 2.05 bits per heavy atom. The van der Waals surface area contributed by atoms with Crippen molar-refractivity contribution in [3.63, 3.8) is 0 Å². The Bertz CT molecular complexity index is 625. The minimum Gasteiger partial charge on any atom is -0.480 e. The molecule has 0 spiro atoms. The topological polar surface area (TPSA) is 66.4 Å². The van der Waals surface area contributed by atoms with Gasteiger partial charge in [-0.05, 0) is 24.6 Å². The first kappa shape index (κ1) is 14.8. The molecule has 4 nitrogen and oxygen atoms in total. The van der Waals surface area contributed by atoms with Crippen LogP contribution in [0.2, 0.25) is 0 Å². The number of carbonyl (C=O) groups excluding carboxylic acids is 1. The van der Waals surface area contributed by atoms with Crippen molar-refractivity contribution < 1.29 is 14.7 Å². The summed E-state index contributed by atoms with van der Waals surface area (Å²) in [6, 6.07) is 17.8. The lowest BCUT2D eigenvalue weighted by Crippen LogP contribution is -2.53. The van der Waals surface area contributed by atoms with Gasteiger partial charge in [0.05, 0.1) is 0 Å². The van der Waals surface area contributed by atoms with Gasteiger partial charge in [-0.1, -0.05) is 48.5 Å². The van der Waals surface area contributed by atoms with Gasteiger partial charge in [0.1, 0.15) is 5.54 Å². The van der Waals surface area contributed by atoms with Crippen LogP contribution in [0.5, 0.6) is 0 Å². The molecule has 1 atom stereocenters. The molecule has 108 valence electrons. The van der Waals surface area contributed by atoms with Crippen LogP contribution in [0.25, 0.3) is 0 Å². The molecule has 0 aliphatic carbocycles. The van der Waals surface area contributed by atoms with E-state index < -0.39 is 17.4 Å². The first-order valence-electron chi connectivity index (χ1n) is 6.66. The quantitative estimate of drug-likeness (QED) is 0.886. The Morgan fingerprint density at radius 1 is 1.00 bits per heavy atom. The highest BCUT2D eigenvalue weighted by Gasteiger charge is 2.35. The van der Waals surface area contributed by atoms with Crippen LogP contribution in [0.1, 0.15) is 22.8 Å². The van der Waals surface area contributed by atoms with Crippen molar-refractivity contribution in [1.82, 2.24) is 5.32 Å². The molecule has 1 amide bonds. The molecular formula is C17H17NO3. The molecule has 0 saturated heterocycles. The molecule has 0 bridgehead atoms. The Morgan fingerprint density at radius 2 is 1.52 bits per heavy atom. The van der Waals surface area contributed by atoms with Gasteiger partial charge in [0, 0.05) is 12.0 Å². The predicted molar refractivity (Wildman–Crippen MR) is 80.1 cm³/mol. The van der Waals surface area contributed by atoms with Crippen LogP contribution >= 0.6 is 0 Å². The number of amides is 1. The van der Waals surface area contributed by atoms with Gasteiger partial charge in [0.15, 0.2) is 0 Å². The van der Waals surface area contributed by atoms with Crippen LogP contribution < -0.4 is 5.32 Å². The molecule has 2 aromatic rings. The molecule has 21 heavy (non-hydrogen) atoms. The summed E-state index contributed by atoms with van der Waals surface area (Å²) in [6.45, 7) is 1.52. The zero-order valence-electron chi connectivity index (χ0n) is 11.7. The van der Waals surface area contributed by atoms with E-state index in [2.05, 4.69) is 5.32 Å². The lowest BCUT2D eigenvalue weighted by atomic mass is 9.92. The van der Waals surface area contributed by atoms with Gasteiger partial charge < -0.3 is 10.4 Å². The molecule has 0 saturated carbocycles. The fraction of sp³-hybridized carbons (Fsp3) is 0.176. The SMILES string of the molecule is C[C@@](Cc1ccccc1)(NC(=O)c1ccccc1)C(=O)O. The van der Waals surface area contributed by atoms with Crippen molar-refractivity contribution in [2.75, 3.05) is 0 Å². The Kier molecular flexibility index (Phi) is 4.38. The lowest BCUT2D eigenvalue weighted by molar-refractivity contribution is -0.143. The summed E-state index contributed by atoms with van der Waals surface area (Å²) in [5.41, 5.74) is -0.0531. The highest BCUT2D eigenvalue weighted by Crippen LogP contribution is 2.15. The van der Waals surface area contributed by atoms with Gasteiger partial charge in [-0.3, -0.25) is 4.79 Å². The van der Waals surface area contributed by atoms with Crippen molar-refractivity contribution in [1.29, 1.82) is 0 Å². The van der Waals surface area contributed by atoms with E-state index in [9.17, 15) is 14.7 Å². The fourth-order valence-corrected chi connectivity index (χ4v) is 2.09. The van der Waals surface area contributed by atoms with Crippen molar-refractivity contribution in [3.05, 3.63) is 71.8 Å². The normalized spacial score (nSPS) is 13.2. The summed E-state index contributed by atoms with van der Waals surface area (Å²) >= 11 is 0. The van der Waals surface area contributed by atoms with E-state index in [0.29, 0.717) is 5.56 Å². The standard InChI is InChI=1S/C17H17NO3/c1-17(16(20)21,12-13-8-4-2-5-9-13)18-15(19)14-10-6-3-7-11-14/h2-11H,12H2,1H3,(H,18,19)(H,20,21)/t17-/m0/s1. The minimum absolute atomic E-state index is 0.224. The molecule has 0 heterocycles. The third-order valence-corrected chi connectivity index (χ3v) is 3.30. The maximum absolute atomic E-state index is 12.2. The maximum atomic E-state index is 12.2. The highest BCUT2D eigenvalue weighted by molar-refractivity contribution is 5.97. The zero-order chi connectivity index (χ0) is 15.3. The zero-order valence-corrected chi connectivity index (χ0v) is 11.7. The lowest BCUT2D eigenvalue weighted by Gasteiger charge is -2.26. The molecule has 0 aliphatic heterocycles. The van der Waals surface area contributed by atoms with Crippen LogP contribution in [-0.2, 0) is 11.2 Å². The van der Waals surface area contributed by atoms with Gasteiger partial charge in [0.25, 0.3) is 5.91 Å². The van der Waals surface area contributed by atoms with E-state index in [1.807, 2.05) is 30.3 Å². The second-order valence-corrected chi connectivity index (χ2v) is 5.12. The first-order valence-corrected chi connectivity index (χ1v) is 6.66. The maximum Gasteiger partial charge on any atom is 0.329 e. The van der Waals surface area contributed by atoms with Crippen LogP contribution in [0.4, 0.5) is 0 Å². The van der Waals surface area contributed by atoms with E-state index in [-0.39, 0.29) is 6.42 Å². The number of nitrogens with one attached hydrogen (secondary N) is 1. The van der Waals surface area contributed by atoms with E-state index in [0.717, 1.165) is 5.56 Å². The highest BCUT2D eigenvalue weighted by atomic mass is 16.4. The van der Waals surface area contributed by atoms with Gasteiger partial charge in [-0.2, -0.15) is 0 Å². The molecular weight excluding hydrogens is 266 g/mol. The average Bonchev–Trinajstić information content (AvgIpc) is 2.49. The summed E-state index contributed by atoms with van der Waals surface area (Å²) in [4.78, 5) is 23.8. The third-order valence-electron chi connectivity index (χ3n) is 3.30. The number of benzene rings is 2. The number of carbonyl (C=O) groups is 2. The fourth-order valence-electron chi connectivity index (χ4n) is 2.09. The molecule has 2 rings (SSSR count). The van der Waals surface area contributed by atoms with Gasteiger partial charge in [0.2, 0.25) is 0 Å². The molecule has 0 aromatic heterocycles. The van der Waals surface area contributed by atoms with Crippen LogP contribution in [0.3, 0.4) is 0 Å². The smallest absolute Gasteiger partial charge is 0.329 e. The van der Waals surface area contributed by atoms with E-state index in [1.165, 1.54) is 6.92 Å². The number of hydrogen-bond acceptors (Lipinski definition) is 2. The number of carboxylic acid groups (broad SMARTS) is 1. The number of carboxylic acids is 1. The summed E-state index contributed by atoms with van der Waals surface area (Å²) in [6.07, 6.45) is 0.224. The molecule has 0 aliphatic rings. The predicted octanol–water partition coefficient (Wildman–Crippen LogP) is 2.50. The van der Waals surface area contributed by atoms with E-state index in [4.69, 9.17) is 0 Å². The number of aliphatic carboxylic acids is 1. The van der Waals surface area contributed by atoms with Gasteiger partial charge >= 0.3 is 5.97 Å². The second-order valence-electron chi connectivity index (χ2n) is 5.12. The van der Waals surface area contributed by atoms with Crippen LogP contribution in [0, 0.1) is 0 Å². The molecule has 2 aromatic carbocycles. The molecule has 4 heteroatoms. The monoisotopic (exact) mass is 283 g/mol. The van der Waals surface area contributed by atoms with Gasteiger partial charge in [-0.25, -0.2) is 4.79 Å². The third kappa shape index (κ3) is 3.69. The summed E-state index contributed by atoms with van der Waals surface area (Å²) < 4.78 is 0. The van der Waals surface area contributed by atoms with Crippen molar-refractivity contribution in [3.8, 4) is 0 Å². The van der Waals surface area contributed by atoms with E-state index in [1.54, 1.807) is 30.3 Å². The Hall–Kier alpha value is -2.62. The van der Waals surface area contributed by atoms with Crippen molar-refractivity contribution >= 4 is 11.9 Å². The van der Waals surface area contributed by atoms with Crippen molar-refractivity contribution in [2.45, 2.75) is 18.9 Å². The Balaban J connectivity index is 2.19. The first-order chi connectivity index (χ1) is 10.0. The molecule has 2 N–H and O–H groups in total. The van der Waals surface area contributed by atoms with E-state index >= 15 is 0 Å². The average molecular weight is 283 g/mol. The summed E-state index contributed by atoms with van der Waals surface area (Å²) in [5, 5.41) is 12.1. The number of rotatable bonds is 5. The minimum atomic E-state index is -1.35. The largest absolute Gasteiger partial charge is 0.480 e. The summed E-state index contributed by atoms with van der Waals surface area (Å²) in [5.74, 6) is -1.45. The molecule has 0 radical (unpaired) electrons. The second kappa shape index (κ2) is 6.22. The molecule has 0 fully saturated rings. The summed E-state index contributed by atoms with van der Waals surface area (Å²) in [7, 11) is 0. The van der Waals surface area contributed by atoms with Crippen LogP contribution in [-0.4, -0.2) is 22.5 Å². The molecule has 0 unspecified atom stereocenters. The van der Waals surface area contributed by atoms with Crippen molar-refractivity contribution in [2.24, 2.45) is 0 Å². The Labute approximate surface area is 123 Å². The van der Waals surface area contributed by atoms with Crippen LogP contribution in [0.15, 0.2) is 60.7 Å².